The Labute approximate surface area is 151 Å². The van der Waals surface area contributed by atoms with Crippen LogP contribution >= 0.6 is 0 Å². The predicted molar refractivity (Wildman–Crippen MR) is 98.4 cm³/mol. The molecule has 1 N–H and O–H groups in total. The topological polar surface area (TPSA) is 91.8 Å². The number of furan rings is 1. The number of carbonyl (C=O) groups is 1. The van der Waals surface area contributed by atoms with Gasteiger partial charge in [0.25, 0.3) is 0 Å². The van der Waals surface area contributed by atoms with Crippen molar-refractivity contribution >= 4 is 17.5 Å². The molecule has 0 aliphatic heterocycles. The molecule has 130 valence electrons. The number of anilines is 2. The third-order valence-electron chi connectivity index (χ3n) is 3.98. The maximum absolute atomic E-state index is 11.8. The molecule has 26 heavy (non-hydrogen) atoms. The monoisotopic (exact) mass is 346 g/mol. The number of aromatic nitrogens is 2. The summed E-state index contributed by atoms with van der Waals surface area (Å²) < 4.78 is 5.59. The molecule has 1 aromatic carbocycles. The smallest absolute Gasteiger partial charge is 0.217 e. The van der Waals surface area contributed by atoms with Crippen LogP contribution in [-0.4, -0.2) is 15.8 Å². The number of ketones is 1. The summed E-state index contributed by atoms with van der Waals surface area (Å²) in [6.45, 7) is 6.89. The Morgan fingerprint density at radius 1 is 1.15 bits per heavy atom. The molecule has 2 heterocycles. The number of hydrogen-bond acceptors (Lipinski definition) is 6. The normalized spacial score (nSPS) is 10.4. The van der Waals surface area contributed by atoms with Gasteiger partial charge in [-0.2, -0.15) is 5.26 Å². The lowest BCUT2D eigenvalue weighted by Gasteiger charge is -2.08. The molecule has 0 aliphatic rings. The van der Waals surface area contributed by atoms with Gasteiger partial charge in [0.2, 0.25) is 5.88 Å². The van der Waals surface area contributed by atoms with E-state index in [-0.39, 0.29) is 17.2 Å². The summed E-state index contributed by atoms with van der Waals surface area (Å²) in [5, 5.41) is 12.4. The molecule has 0 atom stereocenters. The number of Topliss-reactive ketones (excluding diaryl/α,β-unsaturated/α-hetero) is 1. The predicted octanol–water partition coefficient (Wildman–Crippen LogP) is 4.48. The van der Waals surface area contributed by atoms with Crippen LogP contribution in [-0.2, 0) is 0 Å². The fraction of sp³-hybridized carbons (Fsp3) is 0.200. The zero-order chi connectivity index (χ0) is 18.8. The number of rotatable bonds is 4. The number of aryl methyl sites for hydroxylation is 3. The second-order valence-corrected chi connectivity index (χ2v) is 6.08. The third-order valence-corrected chi connectivity index (χ3v) is 3.98. The second-order valence-electron chi connectivity index (χ2n) is 6.08. The highest BCUT2D eigenvalue weighted by atomic mass is 16.4. The minimum absolute atomic E-state index is 0.183. The summed E-state index contributed by atoms with van der Waals surface area (Å²) in [4.78, 5) is 20.6. The highest BCUT2D eigenvalue weighted by Gasteiger charge is 2.21. The van der Waals surface area contributed by atoms with Crippen LogP contribution in [0.15, 0.2) is 34.7 Å². The Bertz CT molecular complexity index is 1030. The molecule has 3 rings (SSSR count). The van der Waals surface area contributed by atoms with E-state index in [1.165, 1.54) is 12.5 Å². The van der Waals surface area contributed by atoms with Crippen molar-refractivity contribution in [2.45, 2.75) is 27.7 Å². The highest BCUT2D eigenvalue weighted by molar-refractivity contribution is 5.99. The summed E-state index contributed by atoms with van der Waals surface area (Å²) in [5.74, 6) is 1.48. The van der Waals surface area contributed by atoms with Gasteiger partial charge >= 0.3 is 0 Å². The van der Waals surface area contributed by atoms with Gasteiger partial charge in [0.15, 0.2) is 5.78 Å². The van der Waals surface area contributed by atoms with E-state index in [1.54, 1.807) is 19.9 Å². The maximum Gasteiger partial charge on any atom is 0.217 e. The van der Waals surface area contributed by atoms with Crippen molar-refractivity contribution in [2.24, 2.45) is 0 Å². The largest absolute Gasteiger partial charge is 0.443 e. The first-order valence-electron chi connectivity index (χ1n) is 8.13. The quantitative estimate of drug-likeness (QED) is 0.700. The molecule has 0 radical (unpaired) electrons. The van der Waals surface area contributed by atoms with Crippen molar-refractivity contribution in [3.63, 3.8) is 0 Å². The van der Waals surface area contributed by atoms with Crippen LogP contribution in [0.25, 0.3) is 11.3 Å². The summed E-state index contributed by atoms with van der Waals surface area (Å²) in [6, 6.07) is 11.8. The Hall–Kier alpha value is -3.46. The Kier molecular flexibility index (Phi) is 4.55. The molecule has 3 aromatic rings. The molecular weight excluding hydrogens is 328 g/mol. The molecule has 0 unspecified atom stereocenters. The minimum atomic E-state index is -0.213. The van der Waals surface area contributed by atoms with Crippen LogP contribution in [0.1, 0.15) is 40.0 Å². The van der Waals surface area contributed by atoms with E-state index >= 15 is 0 Å². The van der Waals surface area contributed by atoms with Crippen LogP contribution in [0.4, 0.5) is 11.7 Å². The molecule has 0 bridgehead atoms. The van der Waals surface area contributed by atoms with E-state index in [2.05, 4.69) is 15.3 Å². The average molecular weight is 346 g/mol. The van der Waals surface area contributed by atoms with Gasteiger partial charge in [-0.15, -0.1) is 0 Å². The maximum atomic E-state index is 11.8. The third kappa shape index (κ3) is 3.33. The number of carbonyl (C=O) groups excluding carboxylic acids is 1. The van der Waals surface area contributed by atoms with Crippen molar-refractivity contribution in [1.82, 2.24) is 9.97 Å². The zero-order valence-corrected chi connectivity index (χ0v) is 15.0. The number of nitrogens with one attached hydrogen (secondary N) is 1. The molecule has 2 aromatic heterocycles. The van der Waals surface area contributed by atoms with E-state index in [4.69, 9.17) is 4.42 Å². The number of nitriles is 1. The van der Waals surface area contributed by atoms with E-state index in [1.807, 2.05) is 37.3 Å². The lowest BCUT2D eigenvalue weighted by molar-refractivity contribution is 0.101. The fourth-order valence-electron chi connectivity index (χ4n) is 2.78. The fourth-order valence-corrected chi connectivity index (χ4v) is 2.78. The molecule has 0 aliphatic carbocycles. The van der Waals surface area contributed by atoms with Gasteiger partial charge in [-0.05, 0) is 27.7 Å². The van der Waals surface area contributed by atoms with Crippen LogP contribution in [0, 0.1) is 32.1 Å². The van der Waals surface area contributed by atoms with Gasteiger partial charge in [-0.3, -0.25) is 4.79 Å². The van der Waals surface area contributed by atoms with Crippen LogP contribution in [0.5, 0.6) is 0 Å². The van der Waals surface area contributed by atoms with Gasteiger partial charge in [0.05, 0.1) is 11.3 Å². The molecule has 0 saturated carbocycles. The molecule has 0 amide bonds. The van der Waals surface area contributed by atoms with Crippen LogP contribution in [0.3, 0.4) is 0 Å². The summed E-state index contributed by atoms with van der Waals surface area (Å²) >= 11 is 0. The highest BCUT2D eigenvalue weighted by Crippen LogP contribution is 2.30. The summed E-state index contributed by atoms with van der Waals surface area (Å²) in [6.07, 6.45) is 0. The van der Waals surface area contributed by atoms with Crippen LogP contribution in [0.2, 0.25) is 0 Å². The lowest BCUT2D eigenvalue weighted by Crippen LogP contribution is -2.00. The van der Waals surface area contributed by atoms with Crippen molar-refractivity contribution < 1.29 is 9.21 Å². The van der Waals surface area contributed by atoms with E-state index in [9.17, 15) is 10.1 Å². The van der Waals surface area contributed by atoms with Gasteiger partial charge < -0.3 is 9.73 Å². The van der Waals surface area contributed by atoms with Crippen molar-refractivity contribution in [2.75, 3.05) is 5.32 Å². The zero-order valence-electron chi connectivity index (χ0n) is 15.0. The summed E-state index contributed by atoms with van der Waals surface area (Å²) in [7, 11) is 0. The van der Waals surface area contributed by atoms with E-state index in [0.29, 0.717) is 23.0 Å². The molecular formula is C20H18N4O2. The molecule has 0 saturated heterocycles. The lowest BCUT2D eigenvalue weighted by atomic mass is 10.1. The van der Waals surface area contributed by atoms with Crippen LogP contribution < -0.4 is 5.32 Å². The Balaban J connectivity index is 2.02. The van der Waals surface area contributed by atoms with Crippen molar-refractivity contribution in [1.29, 1.82) is 5.26 Å². The first-order chi connectivity index (χ1) is 12.4. The molecule has 0 fully saturated rings. The first kappa shape index (κ1) is 17.4. The standard InChI is InChI=1S/C20H18N4O2/c1-11-5-7-15(8-6-11)17-9-18(23-14(4)22-17)24-20-16(10-21)19(12(2)25)13(3)26-20/h5-9H,1-4H3,(H,22,23,24). The molecule has 6 heteroatoms. The molecule has 0 spiro atoms. The Morgan fingerprint density at radius 2 is 1.85 bits per heavy atom. The van der Waals surface area contributed by atoms with Gasteiger partial charge in [0, 0.05) is 11.6 Å². The number of benzene rings is 1. The average Bonchev–Trinajstić information content (AvgIpc) is 2.90. The first-order valence-corrected chi connectivity index (χ1v) is 8.13. The number of nitrogens with zero attached hydrogens (tertiary/aromatic N) is 3. The van der Waals surface area contributed by atoms with Gasteiger partial charge in [-0.25, -0.2) is 9.97 Å². The minimum Gasteiger partial charge on any atom is -0.443 e. The summed E-state index contributed by atoms with van der Waals surface area (Å²) in [5.41, 5.74) is 3.36. The number of hydrogen-bond donors (Lipinski definition) is 1. The second kappa shape index (κ2) is 6.81. The Morgan fingerprint density at radius 3 is 2.46 bits per heavy atom. The SMILES string of the molecule is CC(=O)c1c(C)oc(Nc2cc(-c3ccc(C)cc3)nc(C)n2)c1C#N. The molecule has 6 nitrogen and oxygen atoms in total. The van der Waals surface area contributed by atoms with E-state index < -0.39 is 0 Å². The van der Waals surface area contributed by atoms with Crippen molar-refractivity contribution in [3.8, 4) is 17.3 Å². The van der Waals surface area contributed by atoms with Gasteiger partial charge in [0.1, 0.15) is 29.0 Å². The van der Waals surface area contributed by atoms with Gasteiger partial charge in [-0.1, -0.05) is 29.8 Å². The van der Waals surface area contributed by atoms with Crippen molar-refractivity contribution in [3.05, 3.63) is 58.6 Å². The van der Waals surface area contributed by atoms with E-state index in [0.717, 1.165) is 11.3 Å².